The van der Waals surface area contributed by atoms with Gasteiger partial charge in [-0.2, -0.15) is 0 Å². The minimum absolute atomic E-state index is 0.103. The Morgan fingerprint density at radius 1 is 1.37 bits per heavy atom. The zero-order valence-corrected chi connectivity index (χ0v) is 11.6. The Kier molecular flexibility index (Phi) is 4.27. The quantitative estimate of drug-likeness (QED) is 0.859. The van der Waals surface area contributed by atoms with Crippen LogP contribution in [0.25, 0.3) is 6.08 Å². The fraction of sp³-hybridized carbons (Fsp3) is 0.286. The Bertz CT molecular complexity index is 539. The molecule has 1 aliphatic rings. The third-order valence-corrected chi connectivity index (χ3v) is 3.56. The molecule has 0 saturated carbocycles. The van der Waals surface area contributed by atoms with Gasteiger partial charge in [-0.05, 0) is 37.2 Å². The summed E-state index contributed by atoms with van der Waals surface area (Å²) < 4.78 is 5.80. The van der Waals surface area contributed by atoms with E-state index in [1.165, 1.54) is 0 Å². The van der Waals surface area contributed by atoms with Crippen LogP contribution < -0.4 is 10.1 Å². The molecule has 5 heteroatoms. The number of carbonyl (C=O) groups excluding carboxylic acids is 2. The van der Waals surface area contributed by atoms with Crippen LogP contribution in [0.1, 0.15) is 25.8 Å². The first-order valence-electron chi connectivity index (χ1n) is 6.10. The van der Waals surface area contributed by atoms with Crippen molar-refractivity contribution in [2.75, 3.05) is 0 Å². The Morgan fingerprint density at radius 3 is 2.74 bits per heavy atom. The zero-order valence-electron chi connectivity index (χ0n) is 10.8. The summed E-state index contributed by atoms with van der Waals surface area (Å²) in [5.74, 6) is 0.366. The second kappa shape index (κ2) is 5.93. The van der Waals surface area contributed by atoms with Gasteiger partial charge in [0, 0.05) is 5.56 Å². The maximum Gasteiger partial charge on any atom is 0.290 e. The number of nitrogens with one attached hydrogen (secondary N) is 1. The Hall–Kier alpha value is -1.75. The standard InChI is InChI=1S/C14H15NO3S/c1-3-9(2)18-11-7-5-4-6-10(11)8-12-13(16)15-14(17)19-12/h4-9H,3H2,1-2H3,(H,15,16,17)/b12-8+/t9-/m1/s1. The van der Waals surface area contributed by atoms with Crippen molar-refractivity contribution >= 4 is 29.0 Å². The van der Waals surface area contributed by atoms with Crippen molar-refractivity contribution in [1.82, 2.24) is 5.32 Å². The van der Waals surface area contributed by atoms with E-state index >= 15 is 0 Å². The van der Waals surface area contributed by atoms with Gasteiger partial charge in [-0.1, -0.05) is 25.1 Å². The molecule has 1 atom stereocenters. The molecule has 1 aliphatic heterocycles. The van der Waals surface area contributed by atoms with Crippen LogP contribution >= 0.6 is 11.8 Å². The largest absolute Gasteiger partial charge is 0.490 e. The highest BCUT2D eigenvalue weighted by molar-refractivity contribution is 8.18. The number of ether oxygens (including phenoxy) is 1. The molecule has 2 rings (SSSR count). The number of carbonyl (C=O) groups is 2. The van der Waals surface area contributed by atoms with Crippen LogP contribution in [0.15, 0.2) is 29.2 Å². The maximum atomic E-state index is 11.5. The molecule has 0 spiro atoms. The molecule has 0 aliphatic carbocycles. The van der Waals surface area contributed by atoms with Gasteiger partial charge in [0.1, 0.15) is 5.75 Å². The van der Waals surface area contributed by atoms with Crippen molar-refractivity contribution in [3.05, 3.63) is 34.7 Å². The molecule has 1 aromatic carbocycles. The first-order chi connectivity index (χ1) is 9.10. The molecule has 1 saturated heterocycles. The molecular formula is C14H15NO3S. The number of thioether (sulfide) groups is 1. The number of para-hydroxylation sites is 1. The van der Waals surface area contributed by atoms with Crippen LogP contribution in [0.3, 0.4) is 0 Å². The average molecular weight is 277 g/mol. The number of amides is 2. The Morgan fingerprint density at radius 2 is 2.11 bits per heavy atom. The van der Waals surface area contributed by atoms with E-state index in [1.807, 2.05) is 38.1 Å². The monoisotopic (exact) mass is 277 g/mol. The number of rotatable bonds is 4. The molecule has 0 unspecified atom stereocenters. The molecule has 4 nitrogen and oxygen atoms in total. The van der Waals surface area contributed by atoms with Crippen molar-refractivity contribution in [2.24, 2.45) is 0 Å². The van der Waals surface area contributed by atoms with Gasteiger partial charge < -0.3 is 4.74 Å². The third-order valence-electron chi connectivity index (χ3n) is 2.75. The highest BCUT2D eigenvalue weighted by Crippen LogP contribution is 2.29. The normalized spacial score (nSPS) is 18.5. The van der Waals surface area contributed by atoms with Crippen molar-refractivity contribution < 1.29 is 14.3 Å². The lowest BCUT2D eigenvalue weighted by Gasteiger charge is -2.14. The molecule has 100 valence electrons. The van der Waals surface area contributed by atoms with Crippen LogP contribution in [0.2, 0.25) is 0 Å². The lowest BCUT2D eigenvalue weighted by atomic mass is 10.1. The van der Waals surface area contributed by atoms with Gasteiger partial charge >= 0.3 is 0 Å². The fourth-order valence-corrected chi connectivity index (χ4v) is 2.24. The molecule has 0 radical (unpaired) electrons. The van der Waals surface area contributed by atoms with E-state index < -0.39 is 0 Å². The SMILES string of the molecule is CC[C@@H](C)Oc1ccccc1/C=C1/SC(=O)NC1=O. The second-order valence-corrected chi connectivity index (χ2v) is 5.24. The van der Waals surface area contributed by atoms with Crippen LogP contribution in [-0.2, 0) is 4.79 Å². The van der Waals surface area contributed by atoms with E-state index in [4.69, 9.17) is 4.74 Å². The summed E-state index contributed by atoms with van der Waals surface area (Å²) in [7, 11) is 0. The van der Waals surface area contributed by atoms with Gasteiger partial charge in [0.2, 0.25) is 0 Å². The van der Waals surface area contributed by atoms with Gasteiger partial charge in [0.25, 0.3) is 11.1 Å². The molecule has 1 fully saturated rings. The lowest BCUT2D eigenvalue weighted by Crippen LogP contribution is -2.17. The Labute approximate surface area is 116 Å². The second-order valence-electron chi connectivity index (χ2n) is 4.23. The summed E-state index contributed by atoms with van der Waals surface area (Å²) in [6.45, 7) is 4.04. The summed E-state index contributed by atoms with van der Waals surface area (Å²) >= 11 is 0.908. The van der Waals surface area contributed by atoms with Crippen LogP contribution in [0.4, 0.5) is 4.79 Å². The first kappa shape index (κ1) is 13.7. The van der Waals surface area contributed by atoms with Crippen LogP contribution in [-0.4, -0.2) is 17.3 Å². The van der Waals surface area contributed by atoms with Gasteiger partial charge in [0.05, 0.1) is 11.0 Å². The zero-order chi connectivity index (χ0) is 13.8. The van der Waals surface area contributed by atoms with Gasteiger partial charge in [-0.25, -0.2) is 0 Å². The maximum absolute atomic E-state index is 11.5. The van der Waals surface area contributed by atoms with E-state index in [0.29, 0.717) is 4.91 Å². The highest BCUT2D eigenvalue weighted by Gasteiger charge is 2.25. The minimum Gasteiger partial charge on any atom is -0.490 e. The molecule has 2 amide bonds. The third kappa shape index (κ3) is 3.38. The number of imide groups is 1. The smallest absolute Gasteiger partial charge is 0.290 e. The van der Waals surface area contributed by atoms with E-state index in [9.17, 15) is 9.59 Å². The summed E-state index contributed by atoms with van der Waals surface area (Å²) in [5.41, 5.74) is 0.801. The van der Waals surface area contributed by atoms with Crippen molar-refractivity contribution in [3.63, 3.8) is 0 Å². The van der Waals surface area contributed by atoms with Gasteiger partial charge in [0.15, 0.2) is 0 Å². The minimum atomic E-state index is -0.353. The molecule has 1 heterocycles. The van der Waals surface area contributed by atoms with Gasteiger partial charge in [-0.3, -0.25) is 14.9 Å². The van der Waals surface area contributed by atoms with E-state index in [2.05, 4.69) is 5.32 Å². The number of benzene rings is 1. The molecular weight excluding hydrogens is 262 g/mol. The predicted octanol–water partition coefficient (Wildman–Crippen LogP) is 3.19. The summed E-state index contributed by atoms with van der Waals surface area (Å²) in [5, 5.41) is 1.90. The van der Waals surface area contributed by atoms with E-state index in [1.54, 1.807) is 6.08 Å². The van der Waals surface area contributed by atoms with Crippen LogP contribution in [0.5, 0.6) is 5.75 Å². The molecule has 0 bridgehead atoms. The molecule has 1 aromatic rings. The number of hydrogen-bond acceptors (Lipinski definition) is 4. The average Bonchev–Trinajstić information content (AvgIpc) is 2.70. The van der Waals surface area contributed by atoms with E-state index in [0.717, 1.165) is 29.5 Å². The topological polar surface area (TPSA) is 55.4 Å². The Balaban J connectivity index is 2.27. The summed E-state index contributed by atoms with van der Waals surface area (Å²) in [4.78, 5) is 23.0. The highest BCUT2D eigenvalue weighted by atomic mass is 32.2. The molecule has 1 N–H and O–H groups in total. The first-order valence-corrected chi connectivity index (χ1v) is 6.92. The van der Waals surface area contributed by atoms with Gasteiger partial charge in [-0.15, -0.1) is 0 Å². The fourth-order valence-electron chi connectivity index (χ4n) is 1.57. The van der Waals surface area contributed by atoms with Crippen molar-refractivity contribution in [3.8, 4) is 5.75 Å². The van der Waals surface area contributed by atoms with Crippen molar-refractivity contribution in [2.45, 2.75) is 26.4 Å². The summed E-state index contributed by atoms with van der Waals surface area (Å²) in [6.07, 6.45) is 2.69. The number of hydrogen-bond donors (Lipinski definition) is 1. The summed E-state index contributed by atoms with van der Waals surface area (Å²) in [6, 6.07) is 7.47. The van der Waals surface area contributed by atoms with E-state index in [-0.39, 0.29) is 17.3 Å². The van der Waals surface area contributed by atoms with Crippen LogP contribution in [0, 0.1) is 0 Å². The molecule has 0 aromatic heterocycles. The predicted molar refractivity (Wildman–Crippen MR) is 75.9 cm³/mol. The lowest BCUT2D eigenvalue weighted by molar-refractivity contribution is -0.115. The molecule has 19 heavy (non-hydrogen) atoms. The van der Waals surface area contributed by atoms with Crippen molar-refractivity contribution in [1.29, 1.82) is 0 Å².